The lowest BCUT2D eigenvalue weighted by Crippen LogP contribution is -2.15. The van der Waals surface area contributed by atoms with Crippen molar-refractivity contribution in [1.82, 2.24) is 9.97 Å². The van der Waals surface area contributed by atoms with Crippen LogP contribution >= 0.6 is 0 Å². The molecule has 3 aromatic rings. The van der Waals surface area contributed by atoms with Crippen LogP contribution in [0.3, 0.4) is 0 Å². The van der Waals surface area contributed by atoms with Crippen LogP contribution in [0.4, 0.5) is 34.8 Å². The molecule has 2 heterocycles. The van der Waals surface area contributed by atoms with Crippen LogP contribution in [0.2, 0.25) is 0 Å². The molecule has 3 rings (SSSR count). The van der Waals surface area contributed by atoms with Gasteiger partial charge in [-0.1, -0.05) is 0 Å². The minimum atomic E-state index is -4.54. The molecule has 150 valence electrons. The number of hydrogen-bond donors (Lipinski definition) is 3. The number of nitrogens with zero attached hydrogens (tertiary/aromatic N) is 2. The molecular formula is C19H15F4N5O. The molecule has 0 unspecified atom stereocenters. The fourth-order valence-electron chi connectivity index (χ4n) is 2.44. The zero-order valence-corrected chi connectivity index (χ0v) is 14.8. The van der Waals surface area contributed by atoms with Gasteiger partial charge in [-0.25, -0.2) is 9.37 Å². The van der Waals surface area contributed by atoms with Crippen LogP contribution in [-0.4, -0.2) is 15.9 Å². The van der Waals surface area contributed by atoms with Crippen LogP contribution in [0.25, 0.3) is 0 Å². The molecule has 0 radical (unpaired) electrons. The van der Waals surface area contributed by atoms with Gasteiger partial charge in [-0.15, -0.1) is 0 Å². The van der Waals surface area contributed by atoms with E-state index >= 15 is 0 Å². The van der Waals surface area contributed by atoms with E-state index < -0.39 is 23.5 Å². The maximum Gasteiger partial charge on any atom is 0.417 e. The predicted molar refractivity (Wildman–Crippen MR) is 99.6 cm³/mol. The molecule has 6 nitrogen and oxygen atoms in total. The molecule has 0 saturated heterocycles. The van der Waals surface area contributed by atoms with E-state index in [4.69, 9.17) is 5.73 Å². The Morgan fingerprint density at radius 2 is 1.90 bits per heavy atom. The van der Waals surface area contributed by atoms with Crippen LogP contribution in [-0.2, 0) is 12.7 Å². The summed E-state index contributed by atoms with van der Waals surface area (Å²) in [6.45, 7) is 0.0734. The van der Waals surface area contributed by atoms with Gasteiger partial charge in [0.1, 0.15) is 17.3 Å². The number of halogens is 4. The third-order valence-electron chi connectivity index (χ3n) is 3.93. The lowest BCUT2D eigenvalue weighted by Gasteiger charge is -2.11. The topological polar surface area (TPSA) is 92.9 Å². The van der Waals surface area contributed by atoms with Crippen molar-refractivity contribution in [3.8, 4) is 0 Å². The molecule has 0 aliphatic heterocycles. The van der Waals surface area contributed by atoms with Crippen molar-refractivity contribution in [2.24, 2.45) is 0 Å². The first-order valence-electron chi connectivity index (χ1n) is 8.31. The maximum absolute atomic E-state index is 14.1. The average Bonchev–Trinajstić information content (AvgIpc) is 2.69. The summed E-state index contributed by atoms with van der Waals surface area (Å²) in [6.07, 6.45) is -2.45. The van der Waals surface area contributed by atoms with Crippen molar-refractivity contribution in [1.29, 1.82) is 0 Å². The molecule has 0 atom stereocenters. The van der Waals surface area contributed by atoms with E-state index in [9.17, 15) is 22.4 Å². The summed E-state index contributed by atoms with van der Waals surface area (Å²) in [5, 5.41) is 5.42. The highest BCUT2D eigenvalue weighted by molar-refractivity contribution is 6.02. The average molecular weight is 405 g/mol. The summed E-state index contributed by atoms with van der Waals surface area (Å²) in [4.78, 5) is 19.6. The highest BCUT2D eigenvalue weighted by Crippen LogP contribution is 2.28. The molecule has 0 aliphatic rings. The second-order valence-electron chi connectivity index (χ2n) is 5.98. The van der Waals surface area contributed by atoms with E-state index in [0.717, 1.165) is 12.1 Å². The van der Waals surface area contributed by atoms with Crippen molar-refractivity contribution >= 4 is 23.1 Å². The predicted octanol–water partition coefficient (Wildman–Crippen LogP) is 4.08. The van der Waals surface area contributed by atoms with E-state index in [1.54, 1.807) is 12.1 Å². The van der Waals surface area contributed by atoms with Gasteiger partial charge in [-0.3, -0.25) is 9.78 Å². The number of nitrogens with two attached hydrogens (primary N) is 1. The molecular weight excluding hydrogens is 390 g/mol. The van der Waals surface area contributed by atoms with Crippen molar-refractivity contribution in [2.45, 2.75) is 12.7 Å². The molecule has 1 aromatic carbocycles. The third kappa shape index (κ3) is 4.98. The fraction of sp³-hybridized carbons (Fsp3) is 0.105. The summed E-state index contributed by atoms with van der Waals surface area (Å²) in [7, 11) is 0. The van der Waals surface area contributed by atoms with Gasteiger partial charge < -0.3 is 16.4 Å². The number of benzene rings is 1. The molecule has 10 heteroatoms. The number of carbonyl (C=O) groups is 1. The highest BCUT2D eigenvalue weighted by atomic mass is 19.4. The summed E-state index contributed by atoms with van der Waals surface area (Å²) in [6, 6.07) is 8.98. The Kier molecular flexibility index (Phi) is 5.62. The molecule has 0 bridgehead atoms. The van der Waals surface area contributed by atoms with Gasteiger partial charge in [0.15, 0.2) is 0 Å². The van der Waals surface area contributed by atoms with Crippen LogP contribution < -0.4 is 16.4 Å². The van der Waals surface area contributed by atoms with Gasteiger partial charge in [-0.2, -0.15) is 13.2 Å². The lowest BCUT2D eigenvalue weighted by atomic mass is 10.1. The second kappa shape index (κ2) is 8.13. The number of rotatable bonds is 5. The molecule has 0 aliphatic carbocycles. The second-order valence-corrected chi connectivity index (χ2v) is 5.98. The molecule has 0 saturated carbocycles. The van der Waals surface area contributed by atoms with Crippen LogP contribution in [0.15, 0.2) is 54.9 Å². The molecule has 1 amide bonds. The Labute approximate surface area is 162 Å². The zero-order valence-electron chi connectivity index (χ0n) is 14.8. The number of aromatic nitrogens is 2. The largest absolute Gasteiger partial charge is 0.417 e. The lowest BCUT2D eigenvalue weighted by molar-refractivity contribution is -0.137. The van der Waals surface area contributed by atoms with Crippen LogP contribution in [0, 0.1) is 5.82 Å². The summed E-state index contributed by atoms with van der Waals surface area (Å²) < 4.78 is 51.8. The molecule has 0 fully saturated rings. The molecule has 4 N–H and O–H groups in total. The Bertz CT molecular complexity index is 1020. The standard InChI is InChI=1S/C19H15F4N5O/c20-14-5-4-13(8-11(14)9-26-15-2-1-7-25-17(15)24)28-18(29)16-6-3-12(10-27-16)19(21,22)23/h1-8,10,26H,9H2,(H2,24,25)(H,28,29). The minimum absolute atomic E-state index is 0.0734. The van der Waals surface area contributed by atoms with Gasteiger partial charge in [0.25, 0.3) is 5.91 Å². The summed E-state index contributed by atoms with van der Waals surface area (Å²) in [5.41, 5.74) is 5.58. The van der Waals surface area contributed by atoms with E-state index in [1.807, 2.05) is 0 Å². The van der Waals surface area contributed by atoms with Gasteiger partial charge in [0.2, 0.25) is 0 Å². The number of hydrogen-bond acceptors (Lipinski definition) is 5. The van der Waals surface area contributed by atoms with Gasteiger partial charge in [0.05, 0.1) is 11.3 Å². The number of pyridine rings is 2. The quantitative estimate of drug-likeness (QED) is 0.556. The Morgan fingerprint density at radius 1 is 1.10 bits per heavy atom. The number of anilines is 3. The summed E-state index contributed by atoms with van der Waals surface area (Å²) >= 11 is 0. The minimum Gasteiger partial charge on any atom is -0.382 e. The van der Waals surface area contributed by atoms with Gasteiger partial charge in [0, 0.05) is 30.2 Å². The van der Waals surface area contributed by atoms with Crippen LogP contribution in [0.1, 0.15) is 21.6 Å². The molecule has 2 aromatic heterocycles. The highest BCUT2D eigenvalue weighted by Gasteiger charge is 2.30. The first kappa shape index (κ1) is 20.1. The Balaban J connectivity index is 1.70. The van der Waals surface area contributed by atoms with Crippen molar-refractivity contribution in [3.63, 3.8) is 0 Å². The van der Waals surface area contributed by atoms with Gasteiger partial charge >= 0.3 is 6.18 Å². The number of amides is 1. The van der Waals surface area contributed by atoms with E-state index in [1.165, 1.54) is 24.4 Å². The number of alkyl halides is 3. The van der Waals surface area contributed by atoms with E-state index in [0.29, 0.717) is 11.9 Å². The SMILES string of the molecule is Nc1ncccc1NCc1cc(NC(=O)c2ccc(C(F)(F)F)cn2)ccc1F. The Hall–Kier alpha value is -3.69. The number of nitrogens with one attached hydrogen (secondary N) is 2. The van der Waals surface area contributed by atoms with Crippen molar-refractivity contribution < 1.29 is 22.4 Å². The van der Waals surface area contributed by atoms with Crippen molar-refractivity contribution in [3.05, 3.63) is 77.5 Å². The van der Waals surface area contributed by atoms with Gasteiger partial charge in [-0.05, 0) is 42.5 Å². The Morgan fingerprint density at radius 3 is 2.55 bits per heavy atom. The normalized spacial score (nSPS) is 11.2. The monoisotopic (exact) mass is 405 g/mol. The van der Waals surface area contributed by atoms with Crippen molar-refractivity contribution in [2.75, 3.05) is 16.4 Å². The third-order valence-corrected chi connectivity index (χ3v) is 3.93. The molecule has 0 spiro atoms. The van der Waals surface area contributed by atoms with E-state index in [2.05, 4.69) is 20.6 Å². The van der Waals surface area contributed by atoms with Crippen LogP contribution in [0.5, 0.6) is 0 Å². The molecule has 29 heavy (non-hydrogen) atoms. The smallest absolute Gasteiger partial charge is 0.382 e. The number of carbonyl (C=O) groups excluding carboxylic acids is 1. The fourth-order valence-corrected chi connectivity index (χ4v) is 2.44. The number of nitrogen functional groups attached to an aromatic ring is 1. The first-order chi connectivity index (χ1) is 13.7. The zero-order chi connectivity index (χ0) is 21.0. The van der Waals surface area contributed by atoms with E-state index in [-0.39, 0.29) is 29.3 Å². The first-order valence-corrected chi connectivity index (χ1v) is 8.31. The summed E-state index contributed by atoms with van der Waals surface area (Å²) in [5.74, 6) is -0.975. The maximum atomic E-state index is 14.1.